The Morgan fingerprint density at radius 2 is 2.00 bits per heavy atom. The third kappa shape index (κ3) is 2.95. The van der Waals surface area contributed by atoms with Crippen LogP contribution in [0.3, 0.4) is 0 Å². The van der Waals surface area contributed by atoms with E-state index in [-0.39, 0.29) is 24.1 Å². The van der Waals surface area contributed by atoms with Gasteiger partial charge in [0.15, 0.2) is 17.1 Å². The Morgan fingerprint density at radius 3 is 2.69 bits per heavy atom. The van der Waals surface area contributed by atoms with E-state index in [2.05, 4.69) is 5.32 Å². The lowest BCUT2D eigenvalue weighted by Gasteiger charge is -2.29. The minimum atomic E-state index is -1.05. The van der Waals surface area contributed by atoms with Crippen LogP contribution >= 0.6 is 0 Å². The van der Waals surface area contributed by atoms with E-state index in [1.807, 2.05) is 42.5 Å². The molecule has 1 saturated carbocycles. The molecule has 1 unspecified atom stereocenters. The zero-order valence-electron chi connectivity index (χ0n) is 14.6. The third-order valence-electron chi connectivity index (χ3n) is 5.00. The number of nitrogens with one attached hydrogen (secondary N) is 1. The maximum Gasteiger partial charge on any atom is 0.287 e. The molecule has 0 radical (unpaired) electrons. The van der Waals surface area contributed by atoms with Crippen LogP contribution in [-0.4, -0.2) is 24.7 Å². The van der Waals surface area contributed by atoms with Crippen molar-refractivity contribution < 1.29 is 19.1 Å². The molecular weight excluding hydrogens is 330 g/mol. The van der Waals surface area contributed by atoms with Crippen molar-refractivity contribution in [2.24, 2.45) is 5.92 Å². The molecule has 4 rings (SSSR count). The highest BCUT2D eigenvalue weighted by atomic mass is 16.5. The van der Waals surface area contributed by atoms with Crippen molar-refractivity contribution in [3.63, 3.8) is 0 Å². The second kappa shape index (κ2) is 6.50. The Balaban J connectivity index is 1.54. The van der Waals surface area contributed by atoms with Gasteiger partial charge in [0.1, 0.15) is 5.60 Å². The average Bonchev–Trinajstić information content (AvgIpc) is 3.45. The van der Waals surface area contributed by atoms with E-state index in [0.29, 0.717) is 11.3 Å². The molecule has 2 N–H and O–H groups in total. The molecular formula is C21H21NO4. The van der Waals surface area contributed by atoms with Gasteiger partial charge in [0.25, 0.3) is 5.91 Å². The van der Waals surface area contributed by atoms with Crippen LogP contribution in [0.1, 0.15) is 29.0 Å². The minimum Gasteiger partial charge on any atom is -0.493 e. The molecule has 0 spiro atoms. The summed E-state index contributed by atoms with van der Waals surface area (Å²) in [5, 5.41) is 14.8. The SMILES string of the molecule is COc1cccc2cc(C(=O)NCC(O)(c3ccccc3)C3CC3)oc12. The number of carbonyl (C=O) groups is 1. The number of fused-ring (bicyclic) bond motifs is 1. The van der Waals surface area contributed by atoms with E-state index in [1.54, 1.807) is 19.2 Å². The van der Waals surface area contributed by atoms with E-state index in [4.69, 9.17) is 9.15 Å². The van der Waals surface area contributed by atoms with Gasteiger partial charge >= 0.3 is 0 Å². The Morgan fingerprint density at radius 1 is 1.23 bits per heavy atom. The molecule has 1 aliphatic rings. The first-order chi connectivity index (χ1) is 12.6. The number of hydrogen-bond donors (Lipinski definition) is 2. The summed E-state index contributed by atoms with van der Waals surface area (Å²) in [5.41, 5.74) is 0.315. The standard InChI is InChI=1S/C21H21NO4/c1-25-17-9-5-6-14-12-18(26-19(14)17)20(23)22-13-21(24,16-10-11-16)15-7-3-2-4-8-15/h2-9,12,16,24H,10-11,13H2,1H3,(H,22,23). The van der Waals surface area contributed by atoms with Crippen LogP contribution in [0.2, 0.25) is 0 Å². The lowest BCUT2D eigenvalue weighted by atomic mass is 9.88. The predicted octanol–water partition coefficient (Wildman–Crippen LogP) is 3.47. The van der Waals surface area contributed by atoms with E-state index in [0.717, 1.165) is 23.8 Å². The molecule has 1 fully saturated rings. The van der Waals surface area contributed by atoms with Crippen LogP contribution in [0.4, 0.5) is 0 Å². The van der Waals surface area contributed by atoms with Crippen molar-refractivity contribution >= 4 is 16.9 Å². The Hall–Kier alpha value is -2.79. The number of furan rings is 1. The lowest BCUT2D eigenvalue weighted by Crippen LogP contribution is -2.42. The molecule has 3 aromatic rings. The fourth-order valence-corrected chi connectivity index (χ4v) is 3.38. The fourth-order valence-electron chi connectivity index (χ4n) is 3.38. The summed E-state index contributed by atoms with van der Waals surface area (Å²) in [6, 6.07) is 16.7. The van der Waals surface area contributed by atoms with Crippen LogP contribution in [0.25, 0.3) is 11.0 Å². The average molecular weight is 351 g/mol. The van der Waals surface area contributed by atoms with Gasteiger partial charge in [-0.05, 0) is 36.5 Å². The fraction of sp³-hybridized carbons (Fsp3) is 0.286. The largest absolute Gasteiger partial charge is 0.493 e. The molecule has 0 saturated heterocycles. The van der Waals surface area contributed by atoms with E-state index in [9.17, 15) is 9.90 Å². The molecule has 2 aromatic carbocycles. The normalized spacial score (nSPS) is 16.2. The first-order valence-corrected chi connectivity index (χ1v) is 8.74. The first kappa shape index (κ1) is 16.7. The number of carbonyl (C=O) groups excluding carboxylic acids is 1. The lowest BCUT2D eigenvalue weighted by molar-refractivity contribution is 0.0132. The van der Waals surface area contributed by atoms with E-state index in [1.165, 1.54) is 0 Å². The van der Waals surface area contributed by atoms with Crippen molar-refractivity contribution in [3.05, 3.63) is 65.9 Å². The van der Waals surface area contributed by atoms with Crippen molar-refractivity contribution in [2.75, 3.05) is 13.7 Å². The molecule has 134 valence electrons. The zero-order chi connectivity index (χ0) is 18.1. The van der Waals surface area contributed by atoms with Crippen molar-refractivity contribution in [3.8, 4) is 5.75 Å². The molecule has 5 heteroatoms. The maximum absolute atomic E-state index is 12.6. The summed E-state index contributed by atoms with van der Waals surface area (Å²) >= 11 is 0. The van der Waals surface area contributed by atoms with Crippen LogP contribution < -0.4 is 10.1 Å². The molecule has 1 aliphatic carbocycles. The predicted molar refractivity (Wildman–Crippen MR) is 98.2 cm³/mol. The Bertz CT molecular complexity index is 930. The van der Waals surface area contributed by atoms with Gasteiger partial charge in [-0.3, -0.25) is 4.79 Å². The molecule has 26 heavy (non-hydrogen) atoms. The van der Waals surface area contributed by atoms with Gasteiger partial charge in [-0.1, -0.05) is 42.5 Å². The summed E-state index contributed by atoms with van der Waals surface area (Å²) in [6.07, 6.45) is 1.92. The molecule has 0 aliphatic heterocycles. The Labute approximate surface area is 151 Å². The van der Waals surface area contributed by atoms with Gasteiger partial charge in [-0.25, -0.2) is 0 Å². The number of para-hydroxylation sites is 1. The Kier molecular flexibility index (Phi) is 4.17. The van der Waals surface area contributed by atoms with Crippen LogP contribution in [0.15, 0.2) is 59.0 Å². The zero-order valence-corrected chi connectivity index (χ0v) is 14.6. The topological polar surface area (TPSA) is 71.7 Å². The summed E-state index contributed by atoms with van der Waals surface area (Å²) < 4.78 is 10.9. The van der Waals surface area contributed by atoms with Crippen LogP contribution in [-0.2, 0) is 5.60 Å². The maximum atomic E-state index is 12.6. The highest BCUT2D eigenvalue weighted by Crippen LogP contribution is 2.45. The highest BCUT2D eigenvalue weighted by molar-refractivity contribution is 5.97. The minimum absolute atomic E-state index is 0.148. The number of hydrogen-bond acceptors (Lipinski definition) is 4. The number of benzene rings is 2. The smallest absolute Gasteiger partial charge is 0.287 e. The van der Waals surface area contributed by atoms with Gasteiger partial charge in [0.05, 0.1) is 13.7 Å². The second-order valence-electron chi connectivity index (χ2n) is 6.74. The van der Waals surface area contributed by atoms with Crippen LogP contribution in [0, 0.1) is 5.92 Å². The van der Waals surface area contributed by atoms with E-state index < -0.39 is 5.60 Å². The second-order valence-corrected chi connectivity index (χ2v) is 6.74. The van der Waals surface area contributed by atoms with Gasteiger partial charge in [0, 0.05) is 5.39 Å². The van der Waals surface area contributed by atoms with Gasteiger partial charge < -0.3 is 19.6 Å². The van der Waals surface area contributed by atoms with Crippen molar-refractivity contribution in [2.45, 2.75) is 18.4 Å². The van der Waals surface area contributed by atoms with Crippen molar-refractivity contribution in [1.29, 1.82) is 0 Å². The molecule has 1 amide bonds. The van der Waals surface area contributed by atoms with Gasteiger partial charge in [-0.2, -0.15) is 0 Å². The third-order valence-corrected chi connectivity index (χ3v) is 5.00. The number of rotatable bonds is 6. The molecule has 1 aromatic heterocycles. The number of aliphatic hydroxyl groups is 1. The van der Waals surface area contributed by atoms with Crippen LogP contribution in [0.5, 0.6) is 5.75 Å². The highest BCUT2D eigenvalue weighted by Gasteiger charge is 2.45. The first-order valence-electron chi connectivity index (χ1n) is 8.74. The molecule has 0 bridgehead atoms. The summed E-state index contributed by atoms with van der Waals surface area (Å²) in [4.78, 5) is 12.6. The molecule has 1 heterocycles. The summed E-state index contributed by atoms with van der Waals surface area (Å²) in [5.74, 6) is 0.607. The monoisotopic (exact) mass is 351 g/mol. The van der Waals surface area contributed by atoms with Crippen molar-refractivity contribution in [1.82, 2.24) is 5.32 Å². The van der Waals surface area contributed by atoms with Gasteiger partial charge in [-0.15, -0.1) is 0 Å². The quantitative estimate of drug-likeness (QED) is 0.713. The number of amides is 1. The number of methoxy groups -OCH3 is 1. The molecule has 5 nitrogen and oxygen atoms in total. The molecule has 1 atom stereocenters. The number of ether oxygens (including phenoxy) is 1. The van der Waals surface area contributed by atoms with E-state index >= 15 is 0 Å². The summed E-state index contributed by atoms with van der Waals surface area (Å²) in [7, 11) is 1.56. The summed E-state index contributed by atoms with van der Waals surface area (Å²) in [6.45, 7) is 0.148. The van der Waals surface area contributed by atoms with Gasteiger partial charge in [0.2, 0.25) is 0 Å².